The average molecular weight is 277 g/mol. The fourth-order valence-corrected chi connectivity index (χ4v) is 1.73. The summed E-state index contributed by atoms with van der Waals surface area (Å²) in [6, 6.07) is 4.64. The average Bonchev–Trinajstić information content (AvgIpc) is 2.36. The van der Waals surface area contributed by atoms with Gasteiger partial charge in [-0.1, -0.05) is 0 Å². The molecule has 0 spiro atoms. The van der Waals surface area contributed by atoms with Crippen LogP contribution in [0, 0.1) is 0 Å². The van der Waals surface area contributed by atoms with Crippen molar-refractivity contribution in [2.45, 2.75) is 31.5 Å². The predicted octanol–water partition coefficient (Wildman–Crippen LogP) is 3.44. The minimum absolute atomic E-state index is 0.00416. The van der Waals surface area contributed by atoms with Gasteiger partial charge in [0.25, 0.3) is 0 Å². The Labute approximate surface area is 110 Å². The second-order valence-corrected chi connectivity index (χ2v) is 4.26. The summed E-state index contributed by atoms with van der Waals surface area (Å²) >= 11 is 0. The maximum absolute atomic E-state index is 12.1. The SMILES string of the molecule is COc1cc(OC)cc(C(N)CCCC(F)(F)F)c1. The summed E-state index contributed by atoms with van der Waals surface area (Å²) in [5.41, 5.74) is 6.60. The number of hydrogen-bond donors (Lipinski definition) is 1. The van der Waals surface area contributed by atoms with Crippen LogP contribution >= 0.6 is 0 Å². The highest BCUT2D eigenvalue weighted by atomic mass is 19.4. The number of nitrogens with two attached hydrogens (primary N) is 1. The van der Waals surface area contributed by atoms with E-state index in [-0.39, 0.29) is 12.8 Å². The molecule has 0 radical (unpaired) electrons. The zero-order valence-corrected chi connectivity index (χ0v) is 11.0. The second-order valence-electron chi connectivity index (χ2n) is 4.26. The Morgan fingerprint density at radius 1 is 1.11 bits per heavy atom. The predicted molar refractivity (Wildman–Crippen MR) is 66.4 cm³/mol. The zero-order chi connectivity index (χ0) is 14.5. The van der Waals surface area contributed by atoms with Crippen molar-refractivity contribution < 1.29 is 22.6 Å². The first-order valence-electron chi connectivity index (χ1n) is 5.91. The molecule has 1 rings (SSSR count). The maximum atomic E-state index is 12.1. The number of benzene rings is 1. The van der Waals surface area contributed by atoms with E-state index in [1.807, 2.05) is 0 Å². The molecular weight excluding hydrogens is 259 g/mol. The second kappa shape index (κ2) is 6.65. The maximum Gasteiger partial charge on any atom is 0.389 e. The Morgan fingerprint density at radius 3 is 2.05 bits per heavy atom. The quantitative estimate of drug-likeness (QED) is 0.866. The molecule has 0 aliphatic carbocycles. The van der Waals surface area contributed by atoms with E-state index >= 15 is 0 Å². The molecular formula is C13H18F3NO2. The largest absolute Gasteiger partial charge is 0.497 e. The molecule has 0 aromatic heterocycles. The molecule has 1 aromatic carbocycles. The lowest BCUT2D eigenvalue weighted by Gasteiger charge is -2.15. The van der Waals surface area contributed by atoms with Gasteiger partial charge in [-0.2, -0.15) is 13.2 Å². The van der Waals surface area contributed by atoms with E-state index < -0.39 is 18.6 Å². The van der Waals surface area contributed by atoms with Crippen LogP contribution in [-0.4, -0.2) is 20.4 Å². The van der Waals surface area contributed by atoms with Crippen LogP contribution in [0.2, 0.25) is 0 Å². The fourth-order valence-electron chi connectivity index (χ4n) is 1.73. The molecule has 19 heavy (non-hydrogen) atoms. The summed E-state index contributed by atoms with van der Waals surface area (Å²) in [5, 5.41) is 0. The first-order valence-corrected chi connectivity index (χ1v) is 5.91. The standard InChI is InChI=1S/C13H18F3NO2/c1-18-10-6-9(7-11(8-10)19-2)12(17)4-3-5-13(14,15)16/h6-8,12H,3-5,17H2,1-2H3. The Balaban J connectivity index is 2.68. The smallest absolute Gasteiger partial charge is 0.389 e. The number of hydrogen-bond acceptors (Lipinski definition) is 3. The molecule has 6 heteroatoms. The van der Waals surface area contributed by atoms with Gasteiger partial charge in [-0.05, 0) is 30.5 Å². The van der Waals surface area contributed by atoms with Crippen LogP contribution < -0.4 is 15.2 Å². The van der Waals surface area contributed by atoms with Gasteiger partial charge in [-0.25, -0.2) is 0 Å². The van der Waals surface area contributed by atoms with Crippen molar-refractivity contribution in [2.24, 2.45) is 5.73 Å². The molecule has 0 aliphatic heterocycles. The lowest BCUT2D eigenvalue weighted by molar-refractivity contribution is -0.135. The van der Waals surface area contributed by atoms with E-state index in [1.54, 1.807) is 18.2 Å². The molecule has 0 aliphatic rings. The molecule has 0 heterocycles. The first-order chi connectivity index (χ1) is 8.85. The first kappa shape index (κ1) is 15.6. The number of halogens is 3. The lowest BCUT2D eigenvalue weighted by atomic mass is 10.0. The van der Waals surface area contributed by atoms with E-state index in [1.165, 1.54) is 14.2 Å². The van der Waals surface area contributed by atoms with Crippen LogP contribution in [0.25, 0.3) is 0 Å². The van der Waals surface area contributed by atoms with Crippen LogP contribution in [0.4, 0.5) is 13.2 Å². The Hall–Kier alpha value is -1.43. The van der Waals surface area contributed by atoms with Crippen LogP contribution in [0.1, 0.15) is 30.9 Å². The Morgan fingerprint density at radius 2 is 1.63 bits per heavy atom. The topological polar surface area (TPSA) is 44.5 Å². The van der Waals surface area contributed by atoms with E-state index in [0.29, 0.717) is 17.1 Å². The van der Waals surface area contributed by atoms with E-state index in [0.717, 1.165) is 0 Å². The molecule has 1 unspecified atom stereocenters. The molecule has 2 N–H and O–H groups in total. The van der Waals surface area contributed by atoms with Crippen molar-refractivity contribution in [1.29, 1.82) is 0 Å². The molecule has 3 nitrogen and oxygen atoms in total. The van der Waals surface area contributed by atoms with Gasteiger partial charge in [0.05, 0.1) is 14.2 Å². The van der Waals surface area contributed by atoms with Gasteiger partial charge >= 0.3 is 6.18 Å². The lowest BCUT2D eigenvalue weighted by Crippen LogP contribution is -2.13. The van der Waals surface area contributed by atoms with Gasteiger partial charge in [0.1, 0.15) is 11.5 Å². The zero-order valence-electron chi connectivity index (χ0n) is 11.0. The third kappa shape index (κ3) is 5.38. The number of rotatable bonds is 6. The van der Waals surface area contributed by atoms with Crippen LogP contribution in [-0.2, 0) is 0 Å². The highest BCUT2D eigenvalue weighted by Crippen LogP contribution is 2.29. The number of methoxy groups -OCH3 is 2. The summed E-state index contributed by atoms with van der Waals surface area (Å²) in [6.45, 7) is 0. The summed E-state index contributed by atoms with van der Waals surface area (Å²) in [5.74, 6) is 1.14. The highest BCUT2D eigenvalue weighted by Gasteiger charge is 2.26. The van der Waals surface area contributed by atoms with Gasteiger partial charge in [0.15, 0.2) is 0 Å². The van der Waals surface area contributed by atoms with E-state index in [4.69, 9.17) is 15.2 Å². The highest BCUT2D eigenvalue weighted by molar-refractivity contribution is 5.39. The minimum atomic E-state index is -4.13. The van der Waals surface area contributed by atoms with E-state index in [2.05, 4.69) is 0 Å². The summed E-state index contributed by atoms with van der Waals surface area (Å²) in [6.07, 6.45) is -4.69. The van der Waals surface area contributed by atoms with Gasteiger partial charge in [0, 0.05) is 18.5 Å². The van der Waals surface area contributed by atoms with E-state index in [9.17, 15) is 13.2 Å². The third-order valence-electron chi connectivity index (χ3n) is 2.78. The molecule has 108 valence electrons. The molecule has 0 saturated carbocycles. The minimum Gasteiger partial charge on any atom is -0.497 e. The Kier molecular flexibility index (Phi) is 5.47. The van der Waals surface area contributed by atoms with Crippen LogP contribution in [0.15, 0.2) is 18.2 Å². The van der Waals surface area contributed by atoms with Crippen molar-refractivity contribution >= 4 is 0 Å². The monoisotopic (exact) mass is 277 g/mol. The number of alkyl halides is 3. The van der Waals surface area contributed by atoms with Crippen LogP contribution in [0.5, 0.6) is 11.5 Å². The normalized spacial score (nSPS) is 13.2. The van der Waals surface area contributed by atoms with Gasteiger partial charge in [0.2, 0.25) is 0 Å². The molecule has 1 atom stereocenters. The summed E-state index contributed by atoms with van der Waals surface area (Å²) in [4.78, 5) is 0. The van der Waals surface area contributed by atoms with Gasteiger partial charge < -0.3 is 15.2 Å². The van der Waals surface area contributed by atoms with Crippen molar-refractivity contribution in [3.05, 3.63) is 23.8 Å². The van der Waals surface area contributed by atoms with Crippen molar-refractivity contribution in [2.75, 3.05) is 14.2 Å². The van der Waals surface area contributed by atoms with Gasteiger partial charge in [-0.3, -0.25) is 0 Å². The molecule has 0 amide bonds. The molecule has 0 fully saturated rings. The van der Waals surface area contributed by atoms with Crippen LogP contribution in [0.3, 0.4) is 0 Å². The van der Waals surface area contributed by atoms with Crippen molar-refractivity contribution in [3.8, 4) is 11.5 Å². The number of ether oxygens (including phenoxy) is 2. The molecule has 0 saturated heterocycles. The summed E-state index contributed by atoms with van der Waals surface area (Å²) in [7, 11) is 3.02. The third-order valence-corrected chi connectivity index (χ3v) is 2.78. The van der Waals surface area contributed by atoms with Gasteiger partial charge in [-0.15, -0.1) is 0 Å². The van der Waals surface area contributed by atoms with Crippen molar-refractivity contribution in [3.63, 3.8) is 0 Å². The van der Waals surface area contributed by atoms with Crippen molar-refractivity contribution in [1.82, 2.24) is 0 Å². The molecule has 0 bridgehead atoms. The summed E-state index contributed by atoms with van der Waals surface area (Å²) < 4.78 is 46.4. The Bertz CT molecular complexity index is 385. The molecule has 1 aromatic rings. The fraction of sp³-hybridized carbons (Fsp3) is 0.538.